The molecule has 0 bridgehead atoms. The third-order valence-corrected chi connectivity index (χ3v) is 4.75. The maximum atomic E-state index is 13.8. The van der Waals surface area contributed by atoms with Gasteiger partial charge >= 0.3 is 0 Å². The second-order valence-electron chi connectivity index (χ2n) is 4.39. The molecule has 0 amide bonds. The number of hydrogen-bond donors (Lipinski definition) is 1. The Kier molecular flexibility index (Phi) is 3.58. The number of halogens is 1. The van der Waals surface area contributed by atoms with Gasteiger partial charge in [-0.1, -0.05) is 6.07 Å². The zero-order valence-electron chi connectivity index (χ0n) is 10.4. The van der Waals surface area contributed by atoms with E-state index in [0.717, 1.165) is 12.5 Å². The predicted octanol–water partition coefficient (Wildman–Crippen LogP) is 2.03. The molecular formula is C13H13FN2O2S. The van der Waals surface area contributed by atoms with E-state index in [-0.39, 0.29) is 4.91 Å². The minimum absolute atomic E-state index is 0.377. The zero-order chi connectivity index (χ0) is 14.0. The van der Waals surface area contributed by atoms with Gasteiger partial charge in [0, 0.05) is 12.2 Å². The van der Waals surface area contributed by atoms with Crippen LogP contribution in [-0.4, -0.2) is 15.0 Å². The van der Waals surface area contributed by atoms with Crippen LogP contribution < -0.4 is 5.32 Å². The maximum absolute atomic E-state index is 13.8. The minimum atomic E-state index is -4.10. The van der Waals surface area contributed by atoms with E-state index in [1.165, 1.54) is 12.1 Å². The van der Waals surface area contributed by atoms with Gasteiger partial charge in [0.1, 0.15) is 16.8 Å². The summed E-state index contributed by atoms with van der Waals surface area (Å²) in [6.45, 7) is 2.30. The fraction of sp³-hybridized carbons (Fsp3) is 0.308. The van der Waals surface area contributed by atoms with E-state index in [1.807, 2.05) is 0 Å². The van der Waals surface area contributed by atoms with Gasteiger partial charge < -0.3 is 5.32 Å². The lowest BCUT2D eigenvalue weighted by Gasteiger charge is -2.08. The number of nitriles is 1. The molecule has 0 atom stereocenters. The predicted molar refractivity (Wildman–Crippen MR) is 68.2 cm³/mol. The zero-order valence-corrected chi connectivity index (χ0v) is 11.2. The molecule has 1 aliphatic rings. The number of sulfone groups is 1. The van der Waals surface area contributed by atoms with E-state index in [4.69, 9.17) is 5.26 Å². The first-order chi connectivity index (χ1) is 8.96. The van der Waals surface area contributed by atoms with Crippen LogP contribution >= 0.6 is 0 Å². The number of hydrogen-bond acceptors (Lipinski definition) is 4. The molecule has 1 saturated heterocycles. The molecule has 0 aromatic heterocycles. The van der Waals surface area contributed by atoms with E-state index < -0.39 is 20.5 Å². The maximum Gasteiger partial charge on any atom is 0.221 e. The fourth-order valence-electron chi connectivity index (χ4n) is 2.01. The summed E-state index contributed by atoms with van der Waals surface area (Å²) in [6, 6.07) is 5.55. The highest BCUT2D eigenvalue weighted by Gasteiger charge is 2.28. The molecule has 100 valence electrons. The van der Waals surface area contributed by atoms with Crippen LogP contribution in [0.3, 0.4) is 0 Å². The van der Waals surface area contributed by atoms with Crippen molar-refractivity contribution in [1.82, 2.24) is 5.32 Å². The van der Waals surface area contributed by atoms with Crippen molar-refractivity contribution in [3.05, 3.63) is 40.2 Å². The number of nitrogens with zero attached hydrogens (tertiary/aromatic N) is 1. The van der Waals surface area contributed by atoms with Gasteiger partial charge in [-0.15, -0.1) is 0 Å². The standard InChI is InChI=1S/C13H13FN2O2S/c1-9-4-5-12(10(14)7-9)19(17,18)13(8-15)11-3-2-6-16-11/h4-5,7,16H,2-3,6H2,1H3/b13-11-. The highest BCUT2D eigenvalue weighted by Crippen LogP contribution is 2.26. The summed E-state index contributed by atoms with van der Waals surface area (Å²) >= 11 is 0. The Morgan fingerprint density at radius 3 is 2.74 bits per heavy atom. The summed E-state index contributed by atoms with van der Waals surface area (Å²) in [5.41, 5.74) is 1.00. The number of allylic oxidation sites excluding steroid dienone is 2. The van der Waals surface area contributed by atoms with Crippen LogP contribution in [0.5, 0.6) is 0 Å². The van der Waals surface area contributed by atoms with Crippen molar-refractivity contribution in [3.63, 3.8) is 0 Å². The van der Waals surface area contributed by atoms with Crippen LogP contribution in [0, 0.1) is 24.1 Å². The Balaban J connectivity index is 2.59. The summed E-state index contributed by atoms with van der Waals surface area (Å²) in [5.74, 6) is -0.827. The lowest BCUT2D eigenvalue weighted by molar-refractivity contribution is 0.570. The SMILES string of the molecule is Cc1ccc(S(=O)(=O)/C(C#N)=C2/CCCN2)c(F)c1. The van der Waals surface area contributed by atoms with Gasteiger partial charge in [0.05, 0.1) is 0 Å². The molecule has 1 fully saturated rings. The van der Waals surface area contributed by atoms with Crippen molar-refractivity contribution < 1.29 is 12.8 Å². The molecule has 1 N–H and O–H groups in total. The Morgan fingerprint density at radius 1 is 1.47 bits per heavy atom. The van der Waals surface area contributed by atoms with E-state index in [9.17, 15) is 12.8 Å². The minimum Gasteiger partial charge on any atom is -0.387 e. The van der Waals surface area contributed by atoms with Crippen molar-refractivity contribution in [3.8, 4) is 6.07 Å². The van der Waals surface area contributed by atoms with Crippen LogP contribution in [0.15, 0.2) is 33.7 Å². The van der Waals surface area contributed by atoms with Gasteiger partial charge in [0.25, 0.3) is 0 Å². The van der Waals surface area contributed by atoms with Crippen LogP contribution in [0.2, 0.25) is 0 Å². The molecule has 1 aromatic rings. The number of aryl methyl sites for hydroxylation is 1. The molecule has 0 spiro atoms. The number of rotatable bonds is 2. The monoisotopic (exact) mass is 280 g/mol. The molecule has 4 nitrogen and oxygen atoms in total. The second-order valence-corrected chi connectivity index (χ2v) is 6.24. The Labute approximate surface area is 111 Å². The molecule has 0 unspecified atom stereocenters. The first-order valence-electron chi connectivity index (χ1n) is 5.85. The van der Waals surface area contributed by atoms with Crippen molar-refractivity contribution in [2.75, 3.05) is 6.54 Å². The lowest BCUT2D eigenvalue weighted by Crippen LogP contribution is -2.14. The average Bonchev–Trinajstić information content (AvgIpc) is 2.82. The van der Waals surface area contributed by atoms with Gasteiger partial charge in [0.15, 0.2) is 4.91 Å². The fourth-order valence-corrected chi connectivity index (χ4v) is 3.41. The second kappa shape index (κ2) is 5.02. The first kappa shape index (κ1) is 13.6. The van der Waals surface area contributed by atoms with Crippen molar-refractivity contribution in [1.29, 1.82) is 5.26 Å². The lowest BCUT2D eigenvalue weighted by atomic mass is 10.2. The molecule has 0 radical (unpaired) electrons. The normalized spacial score (nSPS) is 17.7. The van der Waals surface area contributed by atoms with E-state index in [0.29, 0.717) is 24.2 Å². The molecule has 1 aliphatic heterocycles. The Hall–Kier alpha value is -1.87. The molecule has 19 heavy (non-hydrogen) atoms. The number of benzene rings is 1. The Morgan fingerprint density at radius 2 is 2.21 bits per heavy atom. The van der Waals surface area contributed by atoms with Crippen LogP contribution in [0.25, 0.3) is 0 Å². The number of nitrogens with one attached hydrogen (secondary N) is 1. The summed E-state index contributed by atoms with van der Waals surface area (Å²) in [7, 11) is -4.10. The molecule has 6 heteroatoms. The third-order valence-electron chi connectivity index (χ3n) is 2.96. The van der Waals surface area contributed by atoms with E-state index in [2.05, 4.69) is 5.32 Å². The largest absolute Gasteiger partial charge is 0.387 e. The van der Waals surface area contributed by atoms with E-state index >= 15 is 0 Å². The van der Waals surface area contributed by atoms with E-state index in [1.54, 1.807) is 13.0 Å². The van der Waals surface area contributed by atoms with Gasteiger partial charge in [-0.2, -0.15) is 5.26 Å². The molecule has 1 heterocycles. The summed E-state index contributed by atoms with van der Waals surface area (Å²) in [5, 5.41) is 11.9. The van der Waals surface area contributed by atoms with Crippen LogP contribution in [0.1, 0.15) is 18.4 Å². The van der Waals surface area contributed by atoms with Crippen LogP contribution in [-0.2, 0) is 9.84 Å². The first-order valence-corrected chi connectivity index (χ1v) is 7.33. The van der Waals surface area contributed by atoms with Gasteiger partial charge in [-0.3, -0.25) is 0 Å². The molecule has 0 saturated carbocycles. The third kappa shape index (κ3) is 2.47. The molecule has 2 rings (SSSR count). The smallest absolute Gasteiger partial charge is 0.221 e. The quantitative estimate of drug-likeness (QED) is 0.841. The highest BCUT2D eigenvalue weighted by atomic mass is 32.2. The molecular weight excluding hydrogens is 267 g/mol. The summed E-state index contributed by atoms with van der Waals surface area (Å²) in [4.78, 5) is -0.830. The average molecular weight is 280 g/mol. The van der Waals surface area contributed by atoms with Gasteiger partial charge in [0.2, 0.25) is 9.84 Å². The van der Waals surface area contributed by atoms with Gasteiger partial charge in [-0.05, 0) is 37.5 Å². The van der Waals surface area contributed by atoms with Crippen molar-refractivity contribution in [2.45, 2.75) is 24.7 Å². The van der Waals surface area contributed by atoms with Crippen molar-refractivity contribution in [2.24, 2.45) is 0 Å². The molecule has 1 aromatic carbocycles. The Bertz CT molecular complexity index is 679. The van der Waals surface area contributed by atoms with Gasteiger partial charge in [-0.25, -0.2) is 12.8 Å². The highest BCUT2D eigenvalue weighted by molar-refractivity contribution is 7.95. The van der Waals surface area contributed by atoms with Crippen molar-refractivity contribution >= 4 is 9.84 Å². The molecule has 0 aliphatic carbocycles. The summed E-state index contributed by atoms with van der Waals surface area (Å²) in [6.07, 6.45) is 1.27. The summed E-state index contributed by atoms with van der Waals surface area (Å²) < 4.78 is 38.4. The topological polar surface area (TPSA) is 70.0 Å². The van der Waals surface area contributed by atoms with Crippen LogP contribution in [0.4, 0.5) is 4.39 Å².